The Morgan fingerprint density at radius 2 is 1.68 bits per heavy atom. The van der Waals surface area contributed by atoms with Gasteiger partial charge < -0.3 is 79.2 Å². The third kappa shape index (κ3) is 5.23. The number of phenols is 4. The van der Waals surface area contributed by atoms with E-state index in [4.69, 9.17) is 28.1 Å². The van der Waals surface area contributed by atoms with Gasteiger partial charge in [-0.3, -0.25) is 4.79 Å². The van der Waals surface area contributed by atoms with E-state index >= 15 is 0 Å². The van der Waals surface area contributed by atoms with Crippen LogP contribution in [0.1, 0.15) is 0 Å². The van der Waals surface area contributed by atoms with Gasteiger partial charge in [0.2, 0.25) is 23.2 Å². The minimum absolute atomic E-state index is 0.0702. The lowest BCUT2D eigenvalue weighted by atomic mass is 9.98. The quantitative estimate of drug-likeness (QED) is 0.120. The highest BCUT2D eigenvalue weighted by Crippen LogP contribution is 2.44. The van der Waals surface area contributed by atoms with E-state index in [1.807, 2.05) is 0 Å². The number of hydrogen-bond acceptors (Lipinski definition) is 17. The first kappa shape index (κ1) is 31.5. The van der Waals surface area contributed by atoms with Crippen LogP contribution in [0.4, 0.5) is 0 Å². The van der Waals surface area contributed by atoms with Crippen LogP contribution in [0.2, 0.25) is 0 Å². The Morgan fingerprint density at radius 1 is 0.955 bits per heavy atom. The molecule has 5 rings (SSSR count). The smallest absolute Gasteiger partial charge is 0.239 e. The van der Waals surface area contributed by atoms with E-state index in [1.54, 1.807) is 0 Å². The number of aliphatic hydroxyl groups excluding tert-OH is 5. The summed E-state index contributed by atoms with van der Waals surface area (Å²) in [6, 6.07) is 4.25. The number of fused-ring (bicyclic) bond motifs is 1. The number of phenolic OH excluding ortho intramolecular Hbond substituents is 4. The summed E-state index contributed by atoms with van der Waals surface area (Å²) < 4.78 is 33.1. The fraction of sp³-hybridized carbons (Fsp3) is 0.444. The maximum absolute atomic E-state index is 13.9. The molecule has 0 aliphatic carbocycles. The molecule has 3 aromatic rings. The van der Waals surface area contributed by atoms with Crippen molar-refractivity contribution in [3.05, 3.63) is 34.5 Å². The van der Waals surface area contributed by atoms with E-state index in [1.165, 1.54) is 6.07 Å². The summed E-state index contributed by atoms with van der Waals surface area (Å²) in [6.45, 7) is -2.35. The van der Waals surface area contributed by atoms with Crippen molar-refractivity contribution >= 4 is 11.0 Å². The highest BCUT2D eigenvalue weighted by molar-refractivity contribution is 5.91. The van der Waals surface area contributed by atoms with Crippen molar-refractivity contribution in [1.29, 1.82) is 0 Å². The summed E-state index contributed by atoms with van der Waals surface area (Å²) in [4.78, 5) is 13.9. The molecule has 2 aliphatic heterocycles. The van der Waals surface area contributed by atoms with E-state index in [2.05, 4.69) is 0 Å². The Bertz CT molecular complexity index is 1590. The van der Waals surface area contributed by atoms with Gasteiger partial charge in [-0.2, -0.15) is 0 Å². The second-order valence-corrected chi connectivity index (χ2v) is 10.3. The van der Waals surface area contributed by atoms with Crippen molar-refractivity contribution in [3.8, 4) is 45.8 Å². The second kappa shape index (κ2) is 11.9. The lowest BCUT2D eigenvalue weighted by Gasteiger charge is -2.42. The molecule has 17 heteroatoms. The fourth-order valence-corrected chi connectivity index (χ4v) is 4.93. The molecule has 0 bridgehead atoms. The molecule has 0 radical (unpaired) electrons. The predicted octanol–water partition coefficient (Wildman–Crippen LogP) is -2.07. The molecule has 3 heterocycles. The molecule has 2 aromatic carbocycles. The van der Waals surface area contributed by atoms with E-state index in [0.29, 0.717) is 0 Å². The summed E-state index contributed by atoms with van der Waals surface area (Å²) in [5.74, 6) is -4.27. The number of hydrogen-bond donors (Lipinski definition) is 10. The van der Waals surface area contributed by atoms with Crippen LogP contribution in [0, 0.1) is 0 Å². The highest BCUT2D eigenvalue weighted by Gasteiger charge is 2.53. The van der Waals surface area contributed by atoms with Crippen LogP contribution in [-0.4, -0.2) is 127 Å². The van der Waals surface area contributed by atoms with Gasteiger partial charge >= 0.3 is 0 Å². The van der Waals surface area contributed by atoms with Crippen LogP contribution < -0.4 is 14.9 Å². The number of rotatable bonds is 8. The summed E-state index contributed by atoms with van der Waals surface area (Å²) in [5, 5.41) is 102. The maximum Gasteiger partial charge on any atom is 0.239 e. The summed E-state index contributed by atoms with van der Waals surface area (Å²) in [7, 11) is 1.12. The molecule has 2 aliphatic rings. The number of aromatic hydroxyl groups is 4. The first-order chi connectivity index (χ1) is 20.8. The van der Waals surface area contributed by atoms with Crippen molar-refractivity contribution in [1.82, 2.24) is 0 Å². The molecule has 44 heavy (non-hydrogen) atoms. The molecule has 240 valence electrons. The first-order valence-corrected chi connectivity index (χ1v) is 13.0. The van der Waals surface area contributed by atoms with E-state index < -0.39 is 120 Å². The molecular formula is C27H30O17. The molecule has 8 atom stereocenters. The minimum atomic E-state index is -2.14. The van der Waals surface area contributed by atoms with Gasteiger partial charge in [0.15, 0.2) is 41.2 Å². The van der Waals surface area contributed by atoms with Crippen molar-refractivity contribution in [2.45, 2.75) is 48.7 Å². The molecule has 2 saturated heterocycles. The lowest BCUT2D eigenvalue weighted by Crippen LogP contribution is -2.62. The van der Waals surface area contributed by atoms with Crippen LogP contribution in [0.5, 0.6) is 34.5 Å². The van der Waals surface area contributed by atoms with Crippen molar-refractivity contribution in [2.75, 3.05) is 26.9 Å². The largest absolute Gasteiger partial charge is 0.504 e. The van der Waals surface area contributed by atoms with E-state index in [0.717, 1.165) is 25.3 Å². The molecule has 17 nitrogen and oxygen atoms in total. The molecule has 0 saturated carbocycles. The summed E-state index contributed by atoms with van der Waals surface area (Å²) in [5.41, 5.74) is -3.67. The zero-order valence-electron chi connectivity index (χ0n) is 22.8. The summed E-state index contributed by atoms with van der Waals surface area (Å²) in [6.07, 6.45) is -12.5. The normalized spacial score (nSPS) is 30.5. The molecule has 0 unspecified atom stereocenters. The SMILES string of the molecule is COc1c(O)cc2oc(-c3ccc(O)c(O)c3)c(O[C@@H]3O[C@H](CO)[C@H](O)[C@H](O)[C@H]3O[C@@H]3OC[C@](O)(CO)[C@H]3O)c(=O)c2c1O. The highest BCUT2D eigenvalue weighted by atomic mass is 16.8. The van der Waals surface area contributed by atoms with E-state index in [-0.39, 0.29) is 11.1 Å². The molecule has 0 amide bonds. The van der Waals surface area contributed by atoms with Crippen molar-refractivity contribution in [3.63, 3.8) is 0 Å². The van der Waals surface area contributed by atoms with Crippen LogP contribution in [0.25, 0.3) is 22.3 Å². The first-order valence-electron chi connectivity index (χ1n) is 13.0. The minimum Gasteiger partial charge on any atom is -0.504 e. The van der Waals surface area contributed by atoms with Gasteiger partial charge in [0.05, 0.1) is 26.9 Å². The Hall–Kier alpha value is -3.91. The molecule has 1 aromatic heterocycles. The predicted molar refractivity (Wildman–Crippen MR) is 142 cm³/mol. The lowest BCUT2D eigenvalue weighted by molar-refractivity contribution is -0.319. The third-order valence-corrected chi connectivity index (χ3v) is 7.42. The number of methoxy groups -OCH3 is 1. The van der Waals surface area contributed by atoms with Crippen LogP contribution in [-0.2, 0) is 14.2 Å². The van der Waals surface area contributed by atoms with E-state index in [9.17, 15) is 55.9 Å². The molecular weight excluding hydrogens is 596 g/mol. The number of benzene rings is 2. The van der Waals surface area contributed by atoms with Gasteiger partial charge in [-0.05, 0) is 18.2 Å². The summed E-state index contributed by atoms with van der Waals surface area (Å²) >= 11 is 0. The van der Waals surface area contributed by atoms with Gasteiger partial charge in [0.1, 0.15) is 41.0 Å². The average molecular weight is 627 g/mol. The number of ether oxygens (including phenoxy) is 5. The van der Waals surface area contributed by atoms with Crippen LogP contribution >= 0.6 is 0 Å². The van der Waals surface area contributed by atoms with Gasteiger partial charge in [0, 0.05) is 11.6 Å². The van der Waals surface area contributed by atoms with Crippen LogP contribution in [0.15, 0.2) is 33.5 Å². The Labute approximate surface area is 246 Å². The van der Waals surface area contributed by atoms with Gasteiger partial charge in [0.25, 0.3) is 0 Å². The fourth-order valence-electron chi connectivity index (χ4n) is 4.93. The zero-order chi connectivity index (χ0) is 32.1. The molecule has 10 N–H and O–H groups in total. The Kier molecular flexibility index (Phi) is 8.51. The second-order valence-electron chi connectivity index (χ2n) is 10.3. The van der Waals surface area contributed by atoms with Crippen molar-refractivity contribution in [2.24, 2.45) is 0 Å². The van der Waals surface area contributed by atoms with Gasteiger partial charge in [-0.1, -0.05) is 0 Å². The maximum atomic E-state index is 13.9. The Balaban J connectivity index is 1.65. The number of aliphatic hydroxyl groups is 6. The van der Waals surface area contributed by atoms with Gasteiger partial charge in [-0.15, -0.1) is 0 Å². The topological polar surface area (TPSA) is 279 Å². The zero-order valence-corrected chi connectivity index (χ0v) is 22.8. The average Bonchev–Trinajstić information content (AvgIpc) is 3.28. The van der Waals surface area contributed by atoms with Crippen LogP contribution in [0.3, 0.4) is 0 Å². The monoisotopic (exact) mass is 626 g/mol. The molecule has 0 spiro atoms. The van der Waals surface area contributed by atoms with Crippen molar-refractivity contribution < 1.29 is 79.2 Å². The molecule has 2 fully saturated rings. The van der Waals surface area contributed by atoms with Gasteiger partial charge in [-0.25, -0.2) is 0 Å². The third-order valence-electron chi connectivity index (χ3n) is 7.42. The Morgan fingerprint density at radius 3 is 2.30 bits per heavy atom. The standard InChI is InChI=1S/C27H30O17/c1-39-21-12(32)5-13-15(17(21)34)18(35)22(20(41-13)9-2-3-10(30)11(31)4-9)43-25-23(19(36)16(33)14(6-28)42-25)44-26-24(37)27(38,7-29)8-40-26/h2-5,14,16,19,23-26,28-34,36-38H,6-8H2,1H3/t14-,16+,19+,23-,24+,25+,26+,27-/m1/s1.